The molecule has 1 saturated carbocycles. The van der Waals surface area contributed by atoms with E-state index in [1.54, 1.807) is 0 Å². The number of hydrogen-bond acceptors (Lipinski definition) is 2. The molecule has 0 N–H and O–H groups in total. The minimum Gasteiger partial charge on any atom is -0.469 e. The fourth-order valence-corrected chi connectivity index (χ4v) is 2.66. The van der Waals surface area contributed by atoms with Gasteiger partial charge in [-0.05, 0) is 42.9 Å². The Labute approximate surface area is 104 Å². The van der Waals surface area contributed by atoms with Gasteiger partial charge < -0.3 is 4.74 Å². The predicted molar refractivity (Wildman–Crippen MR) is 66.2 cm³/mol. The van der Waals surface area contributed by atoms with E-state index in [1.165, 1.54) is 12.7 Å². The lowest BCUT2D eigenvalue weighted by atomic mass is 9.96. The van der Waals surface area contributed by atoms with Crippen LogP contribution in [0.2, 0.25) is 0 Å². The first kappa shape index (κ1) is 11.6. The van der Waals surface area contributed by atoms with E-state index in [-0.39, 0.29) is 11.9 Å². The molecule has 2 rings (SSSR count). The molecule has 1 aromatic carbocycles. The molecule has 1 aliphatic carbocycles. The van der Waals surface area contributed by atoms with Crippen LogP contribution in [0, 0.1) is 5.92 Å². The maximum Gasteiger partial charge on any atom is 0.308 e. The van der Waals surface area contributed by atoms with E-state index in [1.807, 2.05) is 0 Å². The molecule has 1 aromatic rings. The van der Waals surface area contributed by atoms with Crippen LogP contribution in [0.1, 0.15) is 30.7 Å². The molecule has 0 heterocycles. The molecule has 0 aromatic heterocycles. The third-order valence-electron chi connectivity index (χ3n) is 3.31. The van der Waals surface area contributed by atoms with Gasteiger partial charge in [0, 0.05) is 4.47 Å². The SMILES string of the molecule is COC(=O)[C@H]1CC[C@H](c2ccc(Br)cc2)C1. The number of carbonyl (C=O) groups excluding carboxylic acids is 1. The fraction of sp³-hybridized carbons (Fsp3) is 0.462. The van der Waals surface area contributed by atoms with E-state index in [0.29, 0.717) is 5.92 Å². The average Bonchev–Trinajstić information content (AvgIpc) is 2.78. The van der Waals surface area contributed by atoms with Gasteiger partial charge in [-0.1, -0.05) is 28.1 Å². The summed E-state index contributed by atoms with van der Waals surface area (Å²) in [6, 6.07) is 8.38. The number of halogens is 1. The molecule has 3 heteroatoms. The first-order valence-electron chi connectivity index (χ1n) is 5.54. The van der Waals surface area contributed by atoms with Gasteiger partial charge in [0.1, 0.15) is 0 Å². The second-order valence-corrected chi connectivity index (χ2v) is 5.20. The van der Waals surface area contributed by atoms with E-state index >= 15 is 0 Å². The maximum absolute atomic E-state index is 11.4. The van der Waals surface area contributed by atoms with Crippen molar-refractivity contribution in [3.63, 3.8) is 0 Å². The molecule has 2 atom stereocenters. The van der Waals surface area contributed by atoms with Crippen molar-refractivity contribution < 1.29 is 9.53 Å². The summed E-state index contributed by atoms with van der Waals surface area (Å²) >= 11 is 3.43. The summed E-state index contributed by atoms with van der Waals surface area (Å²) in [6.07, 6.45) is 2.96. The zero-order valence-corrected chi connectivity index (χ0v) is 10.9. The lowest BCUT2D eigenvalue weighted by molar-refractivity contribution is -0.145. The summed E-state index contributed by atoms with van der Waals surface area (Å²) in [5.41, 5.74) is 1.33. The summed E-state index contributed by atoms with van der Waals surface area (Å²) in [5, 5.41) is 0. The van der Waals surface area contributed by atoms with Crippen molar-refractivity contribution in [1.29, 1.82) is 0 Å². The summed E-state index contributed by atoms with van der Waals surface area (Å²) < 4.78 is 5.89. The van der Waals surface area contributed by atoms with Crippen molar-refractivity contribution in [2.45, 2.75) is 25.2 Å². The number of rotatable bonds is 2. The monoisotopic (exact) mass is 282 g/mol. The molecule has 1 fully saturated rings. The van der Waals surface area contributed by atoms with Crippen LogP contribution < -0.4 is 0 Å². The van der Waals surface area contributed by atoms with Crippen molar-refractivity contribution in [1.82, 2.24) is 0 Å². The Kier molecular flexibility index (Phi) is 3.64. The van der Waals surface area contributed by atoms with Gasteiger partial charge in [-0.25, -0.2) is 0 Å². The number of carbonyl (C=O) groups is 1. The molecule has 2 nitrogen and oxygen atoms in total. The zero-order valence-electron chi connectivity index (χ0n) is 9.28. The lowest BCUT2D eigenvalue weighted by Crippen LogP contribution is -2.12. The Morgan fingerprint density at radius 2 is 2.00 bits per heavy atom. The normalized spacial score (nSPS) is 24.4. The Hall–Kier alpha value is -0.830. The molecular formula is C13H15BrO2. The molecule has 16 heavy (non-hydrogen) atoms. The standard InChI is InChI=1S/C13H15BrO2/c1-16-13(15)11-3-2-10(8-11)9-4-6-12(14)7-5-9/h4-7,10-11H,2-3,8H2,1H3/t10-,11-/m0/s1. The summed E-state index contributed by atoms with van der Waals surface area (Å²) in [5.74, 6) is 0.551. The maximum atomic E-state index is 11.4. The molecule has 0 amide bonds. The summed E-state index contributed by atoms with van der Waals surface area (Å²) in [7, 11) is 1.47. The highest BCUT2D eigenvalue weighted by molar-refractivity contribution is 9.10. The van der Waals surface area contributed by atoms with Crippen LogP contribution in [-0.2, 0) is 9.53 Å². The first-order valence-corrected chi connectivity index (χ1v) is 6.33. The molecule has 0 unspecified atom stereocenters. The van der Waals surface area contributed by atoms with Crippen LogP contribution in [0.3, 0.4) is 0 Å². The van der Waals surface area contributed by atoms with Gasteiger partial charge in [0.15, 0.2) is 0 Å². The molecule has 0 aliphatic heterocycles. The first-order chi connectivity index (χ1) is 7.70. The minimum atomic E-state index is -0.0559. The van der Waals surface area contributed by atoms with Crippen LogP contribution in [0.25, 0.3) is 0 Å². The van der Waals surface area contributed by atoms with Crippen molar-refractivity contribution in [3.8, 4) is 0 Å². The lowest BCUT2D eigenvalue weighted by Gasteiger charge is -2.10. The van der Waals surface area contributed by atoms with E-state index in [2.05, 4.69) is 40.2 Å². The van der Waals surface area contributed by atoms with Gasteiger partial charge >= 0.3 is 5.97 Å². The Morgan fingerprint density at radius 1 is 1.31 bits per heavy atom. The van der Waals surface area contributed by atoms with E-state index in [4.69, 9.17) is 4.74 Å². The van der Waals surface area contributed by atoms with E-state index in [0.717, 1.165) is 23.7 Å². The van der Waals surface area contributed by atoms with Crippen LogP contribution in [0.15, 0.2) is 28.7 Å². The highest BCUT2D eigenvalue weighted by atomic mass is 79.9. The quantitative estimate of drug-likeness (QED) is 0.776. The highest BCUT2D eigenvalue weighted by Gasteiger charge is 2.31. The largest absolute Gasteiger partial charge is 0.469 e. The fourth-order valence-electron chi connectivity index (χ4n) is 2.40. The van der Waals surface area contributed by atoms with Crippen LogP contribution in [0.4, 0.5) is 0 Å². The van der Waals surface area contributed by atoms with E-state index < -0.39 is 0 Å². The smallest absolute Gasteiger partial charge is 0.308 e. The van der Waals surface area contributed by atoms with E-state index in [9.17, 15) is 4.79 Å². The topological polar surface area (TPSA) is 26.3 Å². The summed E-state index contributed by atoms with van der Waals surface area (Å²) in [6.45, 7) is 0. The number of methoxy groups -OCH3 is 1. The third kappa shape index (κ3) is 2.46. The van der Waals surface area contributed by atoms with Gasteiger partial charge in [0.25, 0.3) is 0 Å². The molecule has 86 valence electrons. The van der Waals surface area contributed by atoms with Gasteiger partial charge in [0.05, 0.1) is 13.0 Å². The zero-order chi connectivity index (χ0) is 11.5. The minimum absolute atomic E-state index is 0.0559. The number of hydrogen-bond donors (Lipinski definition) is 0. The third-order valence-corrected chi connectivity index (χ3v) is 3.84. The Bertz CT molecular complexity index is 372. The second kappa shape index (κ2) is 5.00. The molecule has 1 aliphatic rings. The number of benzene rings is 1. The molecule has 0 bridgehead atoms. The van der Waals surface area contributed by atoms with Gasteiger partial charge in [0.2, 0.25) is 0 Å². The van der Waals surface area contributed by atoms with Crippen molar-refractivity contribution in [2.75, 3.05) is 7.11 Å². The Morgan fingerprint density at radius 3 is 2.62 bits per heavy atom. The van der Waals surface area contributed by atoms with Crippen molar-refractivity contribution >= 4 is 21.9 Å². The summed E-state index contributed by atoms with van der Waals surface area (Å²) in [4.78, 5) is 11.4. The van der Waals surface area contributed by atoms with Gasteiger partial charge in [-0.3, -0.25) is 4.79 Å². The predicted octanol–water partition coefficient (Wildman–Crippen LogP) is 3.51. The molecule has 0 radical (unpaired) electrons. The van der Waals surface area contributed by atoms with Gasteiger partial charge in [-0.15, -0.1) is 0 Å². The van der Waals surface area contributed by atoms with Crippen LogP contribution in [-0.4, -0.2) is 13.1 Å². The van der Waals surface area contributed by atoms with Crippen LogP contribution >= 0.6 is 15.9 Å². The Balaban J connectivity index is 2.03. The van der Waals surface area contributed by atoms with Gasteiger partial charge in [-0.2, -0.15) is 0 Å². The number of ether oxygens (including phenoxy) is 1. The van der Waals surface area contributed by atoms with Crippen molar-refractivity contribution in [2.24, 2.45) is 5.92 Å². The molecule has 0 saturated heterocycles. The average molecular weight is 283 g/mol. The molecule has 0 spiro atoms. The highest BCUT2D eigenvalue weighted by Crippen LogP contribution is 2.38. The molecular weight excluding hydrogens is 268 g/mol. The second-order valence-electron chi connectivity index (χ2n) is 4.28. The number of esters is 1. The van der Waals surface area contributed by atoms with Crippen molar-refractivity contribution in [3.05, 3.63) is 34.3 Å². The van der Waals surface area contributed by atoms with Crippen LogP contribution in [0.5, 0.6) is 0 Å².